The number of benzene rings is 1. The normalized spacial score (nSPS) is 13.7. The number of thiocarbonyl (C=S) groups is 1. The van der Waals surface area contributed by atoms with Crippen LogP contribution in [0.15, 0.2) is 41.8 Å². The molecule has 1 amide bonds. The quantitative estimate of drug-likeness (QED) is 0.822. The predicted octanol–water partition coefficient (Wildman–Crippen LogP) is 2.82. The van der Waals surface area contributed by atoms with Gasteiger partial charge in [0.25, 0.3) is 5.91 Å². The molecule has 3 rings (SSSR count). The van der Waals surface area contributed by atoms with Crippen LogP contribution in [-0.4, -0.2) is 22.5 Å². The minimum atomic E-state index is -0.121. The molecule has 2 heterocycles. The van der Waals surface area contributed by atoms with E-state index < -0.39 is 0 Å². The largest absolute Gasteiger partial charge is 0.344 e. The highest BCUT2D eigenvalue weighted by Gasteiger charge is 2.19. The molecule has 0 saturated heterocycles. The highest BCUT2D eigenvalue weighted by molar-refractivity contribution is 7.80. The molecule has 102 valence electrons. The predicted molar refractivity (Wildman–Crippen MR) is 84.9 cm³/mol. The number of hydrogen-bond acceptors (Lipinski definition) is 3. The third-order valence-electron chi connectivity index (χ3n) is 3.38. The molecule has 0 unspecified atom stereocenters. The Balaban J connectivity index is 1.66. The molecule has 1 aromatic heterocycles. The molecule has 20 heavy (non-hydrogen) atoms. The van der Waals surface area contributed by atoms with Gasteiger partial charge in [0.1, 0.15) is 0 Å². The van der Waals surface area contributed by atoms with Crippen LogP contribution in [0.25, 0.3) is 0 Å². The van der Waals surface area contributed by atoms with Crippen molar-refractivity contribution in [3.63, 3.8) is 0 Å². The molecule has 0 fully saturated rings. The molecule has 0 spiro atoms. The maximum atomic E-state index is 12.0. The van der Waals surface area contributed by atoms with E-state index in [0.29, 0.717) is 9.99 Å². The first-order valence-corrected chi connectivity index (χ1v) is 7.73. The van der Waals surface area contributed by atoms with Gasteiger partial charge in [-0.1, -0.05) is 30.3 Å². The Kier molecular flexibility index (Phi) is 3.80. The van der Waals surface area contributed by atoms with Crippen LogP contribution in [0.3, 0.4) is 0 Å². The van der Waals surface area contributed by atoms with Crippen molar-refractivity contribution in [3.8, 4) is 0 Å². The molecule has 0 aliphatic carbocycles. The maximum absolute atomic E-state index is 12.0. The molecule has 0 atom stereocenters. The highest BCUT2D eigenvalue weighted by Crippen LogP contribution is 2.18. The SMILES string of the molecule is O=C(NC(=S)N1CCc2ccccc2C1)c1cccs1. The van der Waals surface area contributed by atoms with Crippen LogP contribution >= 0.6 is 23.6 Å². The minimum absolute atomic E-state index is 0.121. The summed E-state index contributed by atoms with van der Waals surface area (Å²) < 4.78 is 0. The summed E-state index contributed by atoms with van der Waals surface area (Å²) in [6.07, 6.45) is 0.963. The standard InChI is InChI=1S/C15H14N2OS2/c18-14(13-6-3-9-20-13)16-15(19)17-8-7-11-4-1-2-5-12(11)10-17/h1-6,9H,7-8,10H2,(H,16,18,19). The van der Waals surface area contributed by atoms with Crippen LogP contribution in [0.4, 0.5) is 0 Å². The third kappa shape index (κ3) is 2.73. The van der Waals surface area contributed by atoms with E-state index in [1.165, 1.54) is 22.5 Å². The molecular formula is C15H14N2OS2. The lowest BCUT2D eigenvalue weighted by molar-refractivity contribution is 0.0976. The lowest BCUT2D eigenvalue weighted by atomic mass is 10.0. The molecule has 1 N–H and O–H groups in total. The number of amides is 1. The maximum Gasteiger partial charge on any atom is 0.267 e. The number of carbonyl (C=O) groups is 1. The number of nitrogens with one attached hydrogen (secondary N) is 1. The Morgan fingerprint density at radius 2 is 2.00 bits per heavy atom. The number of carbonyl (C=O) groups excluding carboxylic acids is 1. The Morgan fingerprint density at radius 1 is 1.20 bits per heavy atom. The Hall–Kier alpha value is -1.72. The van der Waals surface area contributed by atoms with Crippen LogP contribution in [0, 0.1) is 0 Å². The van der Waals surface area contributed by atoms with Crippen LogP contribution in [0.1, 0.15) is 20.8 Å². The van der Waals surface area contributed by atoms with E-state index in [2.05, 4.69) is 23.5 Å². The average Bonchev–Trinajstić information content (AvgIpc) is 3.01. The molecular weight excluding hydrogens is 288 g/mol. The Morgan fingerprint density at radius 3 is 2.75 bits per heavy atom. The van der Waals surface area contributed by atoms with Crippen molar-refractivity contribution in [1.82, 2.24) is 10.2 Å². The van der Waals surface area contributed by atoms with Gasteiger partial charge in [-0.15, -0.1) is 11.3 Å². The summed E-state index contributed by atoms with van der Waals surface area (Å²) in [5.74, 6) is -0.121. The van der Waals surface area contributed by atoms with Crippen molar-refractivity contribution in [3.05, 3.63) is 57.8 Å². The number of hydrogen-bond donors (Lipinski definition) is 1. The van der Waals surface area contributed by atoms with E-state index in [1.54, 1.807) is 6.07 Å². The van der Waals surface area contributed by atoms with Crippen molar-refractivity contribution in [1.29, 1.82) is 0 Å². The fourth-order valence-electron chi connectivity index (χ4n) is 2.31. The molecule has 0 bridgehead atoms. The third-order valence-corrected chi connectivity index (χ3v) is 4.61. The summed E-state index contributed by atoms with van der Waals surface area (Å²) in [7, 11) is 0. The molecule has 1 aromatic carbocycles. The smallest absolute Gasteiger partial charge is 0.267 e. The molecule has 1 aliphatic heterocycles. The van der Waals surface area contributed by atoms with E-state index in [4.69, 9.17) is 12.2 Å². The zero-order chi connectivity index (χ0) is 13.9. The molecule has 0 radical (unpaired) electrons. The van der Waals surface area contributed by atoms with E-state index in [-0.39, 0.29) is 5.91 Å². The summed E-state index contributed by atoms with van der Waals surface area (Å²) >= 11 is 6.77. The summed E-state index contributed by atoms with van der Waals surface area (Å²) in [5.41, 5.74) is 2.66. The van der Waals surface area contributed by atoms with Crippen molar-refractivity contribution in [2.75, 3.05) is 6.54 Å². The minimum Gasteiger partial charge on any atom is -0.344 e. The van der Waals surface area contributed by atoms with Gasteiger partial charge in [-0.3, -0.25) is 10.1 Å². The van der Waals surface area contributed by atoms with E-state index in [1.807, 2.05) is 22.4 Å². The number of fused-ring (bicyclic) bond motifs is 1. The molecule has 2 aromatic rings. The molecule has 0 saturated carbocycles. The van der Waals surface area contributed by atoms with Gasteiger partial charge in [-0.05, 0) is 41.2 Å². The average molecular weight is 302 g/mol. The molecule has 3 nitrogen and oxygen atoms in total. The van der Waals surface area contributed by atoms with Gasteiger partial charge in [0.15, 0.2) is 5.11 Å². The summed E-state index contributed by atoms with van der Waals surface area (Å²) in [5, 5.41) is 5.21. The van der Waals surface area contributed by atoms with Crippen LogP contribution in [0.2, 0.25) is 0 Å². The van der Waals surface area contributed by atoms with Crippen molar-refractivity contribution >= 4 is 34.6 Å². The number of thiophene rings is 1. The van der Waals surface area contributed by atoms with Gasteiger partial charge in [0, 0.05) is 13.1 Å². The number of rotatable bonds is 1. The summed E-state index contributed by atoms with van der Waals surface area (Å²) in [6, 6.07) is 12.0. The lowest BCUT2D eigenvalue weighted by Crippen LogP contribution is -2.44. The second kappa shape index (κ2) is 5.73. The Labute approximate surface area is 127 Å². The topological polar surface area (TPSA) is 32.3 Å². The van der Waals surface area contributed by atoms with Crippen LogP contribution in [0.5, 0.6) is 0 Å². The molecule has 5 heteroatoms. The second-order valence-electron chi connectivity index (χ2n) is 4.68. The first-order valence-electron chi connectivity index (χ1n) is 6.44. The van der Waals surface area contributed by atoms with Gasteiger partial charge >= 0.3 is 0 Å². The van der Waals surface area contributed by atoms with Crippen molar-refractivity contribution < 1.29 is 4.79 Å². The highest BCUT2D eigenvalue weighted by atomic mass is 32.1. The van der Waals surface area contributed by atoms with E-state index in [0.717, 1.165) is 19.5 Å². The summed E-state index contributed by atoms with van der Waals surface area (Å²) in [4.78, 5) is 14.7. The van der Waals surface area contributed by atoms with Gasteiger partial charge in [0.05, 0.1) is 4.88 Å². The van der Waals surface area contributed by atoms with Crippen molar-refractivity contribution in [2.24, 2.45) is 0 Å². The first-order chi connectivity index (χ1) is 9.74. The lowest BCUT2D eigenvalue weighted by Gasteiger charge is -2.30. The summed E-state index contributed by atoms with van der Waals surface area (Å²) in [6.45, 7) is 1.61. The van der Waals surface area contributed by atoms with Gasteiger partial charge in [-0.2, -0.15) is 0 Å². The zero-order valence-corrected chi connectivity index (χ0v) is 12.5. The zero-order valence-electron chi connectivity index (χ0n) is 10.8. The van der Waals surface area contributed by atoms with Gasteiger partial charge in [0.2, 0.25) is 0 Å². The van der Waals surface area contributed by atoms with Gasteiger partial charge in [-0.25, -0.2) is 0 Å². The van der Waals surface area contributed by atoms with Crippen LogP contribution in [-0.2, 0) is 13.0 Å². The van der Waals surface area contributed by atoms with E-state index >= 15 is 0 Å². The fourth-order valence-corrected chi connectivity index (χ4v) is 3.18. The fraction of sp³-hybridized carbons (Fsp3) is 0.200. The second-order valence-corrected chi connectivity index (χ2v) is 6.01. The number of nitrogens with zero attached hydrogens (tertiary/aromatic N) is 1. The Bertz CT molecular complexity index is 637. The van der Waals surface area contributed by atoms with Crippen molar-refractivity contribution in [2.45, 2.75) is 13.0 Å². The van der Waals surface area contributed by atoms with Crippen LogP contribution < -0.4 is 5.32 Å². The molecule has 1 aliphatic rings. The van der Waals surface area contributed by atoms with E-state index in [9.17, 15) is 4.79 Å². The monoisotopic (exact) mass is 302 g/mol. The first kappa shape index (κ1) is 13.3. The van der Waals surface area contributed by atoms with Gasteiger partial charge < -0.3 is 4.90 Å².